The summed E-state index contributed by atoms with van der Waals surface area (Å²) in [5.41, 5.74) is 0.805. The van der Waals surface area contributed by atoms with Gasteiger partial charge in [0.2, 0.25) is 5.91 Å². The first kappa shape index (κ1) is 18.6. The number of thiazole rings is 1. The number of aromatic nitrogens is 1. The highest BCUT2D eigenvalue weighted by atomic mass is 32.1. The molecule has 0 saturated carbocycles. The van der Waals surface area contributed by atoms with Gasteiger partial charge in [-0.25, -0.2) is 9.37 Å². The highest BCUT2D eigenvalue weighted by Gasteiger charge is 2.34. The lowest BCUT2D eigenvalue weighted by molar-refractivity contribution is -0.134. The predicted octanol–water partition coefficient (Wildman–Crippen LogP) is 3.83. The van der Waals surface area contributed by atoms with E-state index in [-0.39, 0.29) is 17.6 Å². The van der Waals surface area contributed by atoms with Crippen LogP contribution < -0.4 is 10.2 Å². The molecule has 2 aromatic rings. The second kappa shape index (κ2) is 7.61. The van der Waals surface area contributed by atoms with Crippen LogP contribution in [-0.2, 0) is 17.5 Å². The van der Waals surface area contributed by atoms with Gasteiger partial charge in [0.25, 0.3) is 0 Å². The van der Waals surface area contributed by atoms with Crippen molar-refractivity contribution >= 4 is 22.4 Å². The zero-order valence-corrected chi connectivity index (χ0v) is 14.5. The molecule has 3 rings (SSSR count). The van der Waals surface area contributed by atoms with Crippen LogP contribution in [0.25, 0.3) is 0 Å². The van der Waals surface area contributed by atoms with Gasteiger partial charge >= 0.3 is 6.18 Å². The van der Waals surface area contributed by atoms with Gasteiger partial charge in [0.15, 0.2) is 5.13 Å². The van der Waals surface area contributed by atoms with Gasteiger partial charge in [-0.05, 0) is 30.5 Å². The Balaban J connectivity index is 1.49. The van der Waals surface area contributed by atoms with E-state index in [1.165, 1.54) is 12.1 Å². The third kappa shape index (κ3) is 4.51. The molecule has 1 aliphatic heterocycles. The van der Waals surface area contributed by atoms with E-state index in [4.69, 9.17) is 0 Å². The first-order chi connectivity index (χ1) is 12.3. The van der Waals surface area contributed by atoms with Crippen LogP contribution in [0, 0.1) is 11.7 Å². The fourth-order valence-corrected chi connectivity index (χ4v) is 3.65. The number of alkyl halides is 3. The van der Waals surface area contributed by atoms with Crippen molar-refractivity contribution in [3.63, 3.8) is 0 Å². The predicted molar refractivity (Wildman–Crippen MR) is 90.3 cm³/mol. The van der Waals surface area contributed by atoms with Gasteiger partial charge in [-0.1, -0.05) is 23.5 Å². The van der Waals surface area contributed by atoms with Crippen LogP contribution in [0.5, 0.6) is 0 Å². The van der Waals surface area contributed by atoms with E-state index in [2.05, 4.69) is 10.3 Å². The molecule has 1 aromatic carbocycles. The Bertz CT molecular complexity index is 752. The molecule has 0 spiro atoms. The average Bonchev–Trinajstić information content (AvgIpc) is 3.12. The van der Waals surface area contributed by atoms with Gasteiger partial charge in [-0.2, -0.15) is 13.2 Å². The number of nitrogens with one attached hydrogen (secondary N) is 1. The maximum atomic E-state index is 12.9. The van der Waals surface area contributed by atoms with Crippen molar-refractivity contribution in [2.75, 3.05) is 18.0 Å². The van der Waals surface area contributed by atoms with Crippen LogP contribution in [0.3, 0.4) is 0 Å². The molecular formula is C17H17F4N3OS. The van der Waals surface area contributed by atoms with Crippen molar-refractivity contribution < 1.29 is 22.4 Å². The maximum absolute atomic E-state index is 12.9. The molecular weight excluding hydrogens is 370 g/mol. The molecule has 0 bridgehead atoms. The first-order valence-corrected chi connectivity index (χ1v) is 8.94. The smallest absolute Gasteiger partial charge is 0.352 e. The summed E-state index contributed by atoms with van der Waals surface area (Å²) in [6.07, 6.45) is -2.43. The van der Waals surface area contributed by atoms with Crippen molar-refractivity contribution in [2.24, 2.45) is 5.92 Å². The van der Waals surface area contributed by atoms with Crippen LogP contribution in [-0.4, -0.2) is 24.0 Å². The Hall–Kier alpha value is -2.16. The molecule has 140 valence electrons. The van der Waals surface area contributed by atoms with Crippen molar-refractivity contribution in [1.29, 1.82) is 0 Å². The van der Waals surface area contributed by atoms with Crippen molar-refractivity contribution in [1.82, 2.24) is 10.3 Å². The standard InChI is InChI=1S/C17H17F4N3OS/c18-13-3-1-11(2-4-13)9-22-15(25)12-5-7-24(8-6-12)16-23-10-14(26-16)17(19,20)21/h1-4,10,12H,5-9H2,(H,22,25). The summed E-state index contributed by atoms with van der Waals surface area (Å²) in [7, 11) is 0. The highest BCUT2D eigenvalue weighted by molar-refractivity contribution is 7.15. The number of anilines is 1. The van der Waals surface area contributed by atoms with Gasteiger partial charge in [-0.3, -0.25) is 4.79 Å². The van der Waals surface area contributed by atoms with E-state index in [1.54, 1.807) is 17.0 Å². The Labute approximate surface area is 151 Å². The highest BCUT2D eigenvalue weighted by Crippen LogP contribution is 2.37. The van der Waals surface area contributed by atoms with Crippen LogP contribution in [0.4, 0.5) is 22.7 Å². The minimum absolute atomic E-state index is 0.0934. The number of nitrogens with zero attached hydrogens (tertiary/aromatic N) is 2. The number of amides is 1. The fraction of sp³-hybridized carbons (Fsp3) is 0.412. The number of carbonyl (C=O) groups excluding carboxylic acids is 1. The number of piperidine rings is 1. The van der Waals surface area contributed by atoms with Crippen molar-refractivity contribution in [3.8, 4) is 0 Å². The summed E-state index contributed by atoms with van der Waals surface area (Å²) in [5, 5.41) is 3.16. The Morgan fingerprint density at radius 3 is 2.46 bits per heavy atom. The molecule has 0 radical (unpaired) electrons. The summed E-state index contributed by atoms with van der Waals surface area (Å²) in [4.78, 5) is 17.2. The topological polar surface area (TPSA) is 45.2 Å². The molecule has 0 unspecified atom stereocenters. The summed E-state index contributed by atoms with van der Waals surface area (Å²) >= 11 is 0.623. The largest absolute Gasteiger partial charge is 0.427 e. The monoisotopic (exact) mass is 387 g/mol. The van der Waals surface area contributed by atoms with Crippen LogP contribution in [0.1, 0.15) is 23.3 Å². The van der Waals surface area contributed by atoms with Gasteiger partial charge in [-0.15, -0.1) is 0 Å². The molecule has 1 aromatic heterocycles. The van der Waals surface area contributed by atoms with E-state index < -0.39 is 11.1 Å². The molecule has 1 aliphatic rings. The molecule has 1 saturated heterocycles. The SMILES string of the molecule is O=C(NCc1ccc(F)cc1)C1CCN(c2ncc(C(F)(F)F)s2)CC1. The first-order valence-electron chi connectivity index (χ1n) is 8.13. The molecule has 1 N–H and O–H groups in total. The summed E-state index contributed by atoms with van der Waals surface area (Å²) in [6.45, 7) is 1.29. The normalized spacial score (nSPS) is 15.9. The number of rotatable bonds is 4. The number of hydrogen-bond acceptors (Lipinski definition) is 4. The zero-order chi connectivity index (χ0) is 18.7. The lowest BCUT2D eigenvalue weighted by Gasteiger charge is -2.31. The lowest BCUT2D eigenvalue weighted by Crippen LogP contribution is -2.40. The molecule has 1 fully saturated rings. The Morgan fingerprint density at radius 1 is 1.23 bits per heavy atom. The number of carbonyl (C=O) groups is 1. The summed E-state index contributed by atoms with van der Waals surface area (Å²) in [6, 6.07) is 5.89. The second-order valence-corrected chi connectivity index (χ2v) is 7.12. The third-order valence-electron chi connectivity index (χ3n) is 4.29. The van der Waals surface area contributed by atoms with E-state index in [0.717, 1.165) is 11.8 Å². The molecule has 0 aliphatic carbocycles. The van der Waals surface area contributed by atoms with Gasteiger partial charge in [0, 0.05) is 25.6 Å². The molecule has 26 heavy (non-hydrogen) atoms. The van der Waals surface area contributed by atoms with Crippen molar-refractivity contribution in [3.05, 3.63) is 46.7 Å². The van der Waals surface area contributed by atoms with Gasteiger partial charge in [0.1, 0.15) is 10.7 Å². The number of benzene rings is 1. The van der Waals surface area contributed by atoms with E-state index in [0.29, 0.717) is 48.9 Å². The Kier molecular flexibility index (Phi) is 5.45. The quantitative estimate of drug-likeness (QED) is 0.811. The molecule has 2 heterocycles. The van der Waals surface area contributed by atoms with E-state index in [9.17, 15) is 22.4 Å². The van der Waals surface area contributed by atoms with Crippen molar-refractivity contribution in [2.45, 2.75) is 25.6 Å². The average molecular weight is 387 g/mol. The fourth-order valence-electron chi connectivity index (χ4n) is 2.81. The minimum atomic E-state index is -4.38. The summed E-state index contributed by atoms with van der Waals surface area (Å²) < 4.78 is 50.8. The minimum Gasteiger partial charge on any atom is -0.352 e. The number of hydrogen-bond donors (Lipinski definition) is 1. The van der Waals surface area contributed by atoms with Gasteiger partial charge in [0.05, 0.1) is 6.20 Å². The molecule has 4 nitrogen and oxygen atoms in total. The third-order valence-corrected chi connectivity index (χ3v) is 5.39. The second-order valence-electron chi connectivity index (χ2n) is 6.11. The summed E-state index contributed by atoms with van der Waals surface area (Å²) in [5.74, 6) is -0.610. The van der Waals surface area contributed by atoms with Crippen LogP contribution in [0.2, 0.25) is 0 Å². The van der Waals surface area contributed by atoms with Crippen LogP contribution >= 0.6 is 11.3 Å². The molecule has 0 atom stereocenters. The lowest BCUT2D eigenvalue weighted by atomic mass is 9.96. The molecule has 9 heteroatoms. The maximum Gasteiger partial charge on any atom is 0.427 e. The van der Waals surface area contributed by atoms with E-state index in [1.807, 2.05) is 0 Å². The number of halogens is 4. The van der Waals surface area contributed by atoms with Gasteiger partial charge < -0.3 is 10.2 Å². The Morgan fingerprint density at radius 2 is 1.88 bits per heavy atom. The van der Waals surface area contributed by atoms with E-state index >= 15 is 0 Å². The van der Waals surface area contributed by atoms with Crippen LogP contribution in [0.15, 0.2) is 30.5 Å². The molecule has 1 amide bonds. The zero-order valence-electron chi connectivity index (χ0n) is 13.7.